The van der Waals surface area contributed by atoms with Gasteiger partial charge in [-0.05, 0) is 13.0 Å². The number of halogens is 1. The molecule has 0 aliphatic heterocycles. The minimum absolute atomic E-state index is 0.0961. The van der Waals surface area contributed by atoms with Crippen molar-refractivity contribution in [1.82, 2.24) is 0 Å². The maximum Gasteiger partial charge on any atom is 0.143 e. The smallest absolute Gasteiger partial charge is 0.143 e. The maximum absolute atomic E-state index is 9.76. The predicted molar refractivity (Wildman–Crippen MR) is 63.3 cm³/mol. The summed E-state index contributed by atoms with van der Waals surface area (Å²) in [6.07, 6.45) is -0.818. The highest BCUT2D eigenvalue weighted by Gasteiger charge is 2.19. The first-order chi connectivity index (χ1) is 7.56. The van der Waals surface area contributed by atoms with Gasteiger partial charge >= 0.3 is 0 Å². The molecule has 0 aromatic heterocycles. The SMILES string of the molecule is COc1cc(C(O)CN)c(OC)c(Cl)c1C. The average molecular weight is 246 g/mol. The van der Waals surface area contributed by atoms with Gasteiger partial charge in [0.1, 0.15) is 11.5 Å². The molecule has 16 heavy (non-hydrogen) atoms. The predicted octanol–water partition coefficient (Wildman–Crippen LogP) is 1.66. The van der Waals surface area contributed by atoms with Crippen molar-refractivity contribution in [3.8, 4) is 11.5 Å². The van der Waals surface area contributed by atoms with Gasteiger partial charge in [0.2, 0.25) is 0 Å². The van der Waals surface area contributed by atoms with Gasteiger partial charge in [0, 0.05) is 17.7 Å². The molecule has 5 heteroatoms. The van der Waals surface area contributed by atoms with Crippen molar-refractivity contribution in [2.24, 2.45) is 5.73 Å². The van der Waals surface area contributed by atoms with E-state index in [0.29, 0.717) is 22.1 Å². The molecule has 0 fully saturated rings. The number of aliphatic hydroxyl groups excluding tert-OH is 1. The van der Waals surface area contributed by atoms with Crippen molar-refractivity contribution in [3.05, 3.63) is 22.2 Å². The van der Waals surface area contributed by atoms with Gasteiger partial charge in [0.05, 0.1) is 25.3 Å². The summed E-state index contributed by atoms with van der Waals surface area (Å²) >= 11 is 6.13. The second-order valence-electron chi connectivity index (χ2n) is 3.39. The number of aliphatic hydroxyl groups is 1. The minimum atomic E-state index is -0.818. The van der Waals surface area contributed by atoms with Crippen LogP contribution in [0, 0.1) is 6.92 Å². The van der Waals surface area contributed by atoms with E-state index in [4.69, 9.17) is 26.8 Å². The monoisotopic (exact) mass is 245 g/mol. The molecule has 1 rings (SSSR count). The molecule has 0 saturated heterocycles. The average Bonchev–Trinajstić information content (AvgIpc) is 2.31. The number of hydrogen-bond acceptors (Lipinski definition) is 4. The Hall–Kier alpha value is -0.970. The van der Waals surface area contributed by atoms with Gasteiger partial charge in [0.15, 0.2) is 0 Å². The van der Waals surface area contributed by atoms with Crippen LogP contribution in [0.15, 0.2) is 6.07 Å². The van der Waals surface area contributed by atoms with Gasteiger partial charge in [-0.3, -0.25) is 0 Å². The maximum atomic E-state index is 9.76. The first-order valence-electron chi connectivity index (χ1n) is 4.85. The minimum Gasteiger partial charge on any atom is -0.496 e. The van der Waals surface area contributed by atoms with E-state index in [0.717, 1.165) is 5.56 Å². The Kier molecular flexibility index (Phi) is 4.41. The topological polar surface area (TPSA) is 64.7 Å². The lowest BCUT2D eigenvalue weighted by atomic mass is 10.0. The lowest BCUT2D eigenvalue weighted by Gasteiger charge is -2.18. The molecule has 1 unspecified atom stereocenters. The van der Waals surface area contributed by atoms with Crippen LogP contribution < -0.4 is 15.2 Å². The van der Waals surface area contributed by atoms with Crippen LogP contribution in [-0.2, 0) is 0 Å². The molecule has 3 N–H and O–H groups in total. The molecule has 1 atom stereocenters. The Bertz CT molecular complexity index is 382. The summed E-state index contributed by atoms with van der Waals surface area (Å²) in [7, 11) is 3.05. The van der Waals surface area contributed by atoms with Gasteiger partial charge in [-0.15, -0.1) is 0 Å². The number of ether oxygens (including phenoxy) is 2. The lowest BCUT2D eigenvalue weighted by Crippen LogP contribution is -2.13. The molecular formula is C11H16ClNO3. The summed E-state index contributed by atoms with van der Waals surface area (Å²) in [4.78, 5) is 0. The third kappa shape index (κ3) is 2.24. The first kappa shape index (κ1) is 13.1. The van der Waals surface area contributed by atoms with Crippen molar-refractivity contribution in [2.45, 2.75) is 13.0 Å². The molecule has 90 valence electrons. The van der Waals surface area contributed by atoms with E-state index in [1.165, 1.54) is 7.11 Å². The van der Waals surface area contributed by atoms with Crippen LogP contribution in [0.5, 0.6) is 11.5 Å². The van der Waals surface area contributed by atoms with Crippen molar-refractivity contribution in [1.29, 1.82) is 0 Å². The first-order valence-corrected chi connectivity index (χ1v) is 5.23. The van der Waals surface area contributed by atoms with Crippen LogP contribution in [0.2, 0.25) is 5.02 Å². The highest BCUT2D eigenvalue weighted by atomic mass is 35.5. The number of nitrogens with two attached hydrogens (primary N) is 1. The molecule has 0 radical (unpaired) electrons. The Labute approximate surface area is 99.9 Å². The zero-order valence-corrected chi connectivity index (χ0v) is 10.3. The fourth-order valence-electron chi connectivity index (χ4n) is 1.51. The van der Waals surface area contributed by atoms with Crippen molar-refractivity contribution < 1.29 is 14.6 Å². The Morgan fingerprint density at radius 3 is 2.50 bits per heavy atom. The quantitative estimate of drug-likeness (QED) is 0.847. The van der Waals surface area contributed by atoms with Crippen LogP contribution in [0.3, 0.4) is 0 Å². The zero-order chi connectivity index (χ0) is 12.3. The fraction of sp³-hybridized carbons (Fsp3) is 0.455. The van der Waals surface area contributed by atoms with Crippen LogP contribution >= 0.6 is 11.6 Å². The Morgan fingerprint density at radius 1 is 1.44 bits per heavy atom. The highest BCUT2D eigenvalue weighted by Crippen LogP contribution is 2.40. The summed E-state index contributed by atoms with van der Waals surface area (Å²) < 4.78 is 10.3. The second-order valence-corrected chi connectivity index (χ2v) is 3.77. The Morgan fingerprint density at radius 2 is 2.06 bits per heavy atom. The molecule has 0 saturated carbocycles. The molecule has 0 spiro atoms. The van der Waals surface area contributed by atoms with Crippen LogP contribution in [0.1, 0.15) is 17.2 Å². The van der Waals surface area contributed by atoms with Gasteiger partial charge in [0.25, 0.3) is 0 Å². The Balaban J connectivity index is 3.40. The zero-order valence-electron chi connectivity index (χ0n) is 9.58. The molecule has 0 aliphatic carbocycles. The fourth-order valence-corrected chi connectivity index (χ4v) is 1.79. The van der Waals surface area contributed by atoms with Crippen molar-refractivity contribution in [3.63, 3.8) is 0 Å². The van der Waals surface area contributed by atoms with E-state index in [-0.39, 0.29) is 6.54 Å². The molecule has 0 aliphatic rings. The molecule has 0 bridgehead atoms. The molecule has 1 aromatic carbocycles. The number of rotatable bonds is 4. The molecule has 0 heterocycles. The van der Waals surface area contributed by atoms with Crippen molar-refractivity contribution >= 4 is 11.6 Å². The standard InChI is InChI=1S/C11H16ClNO3/c1-6-9(15-2)4-7(8(14)5-13)11(16-3)10(6)12/h4,8,14H,5,13H2,1-3H3. The summed E-state index contributed by atoms with van der Waals surface area (Å²) in [6.45, 7) is 1.92. The van der Waals surface area contributed by atoms with E-state index in [9.17, 15) is 5.11 Å². The number of hydrogen-bond donors (Lipinski definition) is 2. The van der Waals surface area contributed by atoms with E-state index in [1.807, 2.05) is 6.92 Å². The van der Waals surface area contributed by atoms with E-state index in [1.54, 1.807) is 13.2 Å². The lowest BCUT2D eigenvalue weighted by molar-refractivity contribution is 0.181. The second kappa shape index (κ2) is 5.39. The summed E-state index contributed by atoms with van der Waals surface area (Å²) in [5, 5.41) is 10.2. The summed E-state index contributed by atoms with van der Waals surface area (Å²) in [6, 6.07) is 1.69. The third-order valence-corrected chi connectivity index (χ3v) is 2.91. The molecular weight excluding hydrogens is 230 g/mol. The van der Waals surface area contributed by atoms with Crippen LogP contribution in [-0.4, -0.2) is 25.9 Å². The summed E-state index contributed by atoms with van der Waals surface area (Å²) in [5.74, 6) is 1.05. The third-order valence-electron chi connectivity index (χ3n) is 2.45. The van der Waals surface area contributed by atoms with Gasteiger partial charge in [-0.1, -0.05) is 11.6 Å². The molecule has 4 nitrogen and oxygen atoms in total. The number of benzene rings is 1. The van der Waals surface area contributed by atoms with Crippen LogP contribution in [0.4, 0.5) is 0 Å². The highest BCUT2D eigenvalue weighted by molar-refractivity contribution is 6.33. The largest absolute Gasteiger partial charge is 0.496 e. The van der Waals surface area contributed by atoms with E-state index >= 15 is 0 Å². The van der Waals surface area contributed by atoms with E-state index < -0.39 is 6.10 Å². The normalized spacial score (nSPS) is 12.4. The van der Waals surface area contributed by atoms with E-state index in [2.05, 4.69) is 0 Å². The van der Waals surface area contributed by atoms with Gasteiger partial charge in [-0.25, -0.2) is 0 Å². The van der Waals surface area contributed by atoms with Gasteiger partial charge in [-0.2, -0.15) is 0 Å². The van der Waals surface area contributed by atoms with Crippen molar-refractivity contribution in [2.75, 3.05) is 20.8 Å². The van der Waals surface area contributed by atoms with Gasteiger partial charge < -0.3 is 20.3 Å². The molecule has 0 amide bonds. The molecule has 1 aromatic rings. The summed E-state index contributed by atoms with van der Waals surface area (Å²) in [5.41, 5.74) is 6.73. The number of methoxy groups -OCH3 is 2. The van der Waals surface area contributed by atoms with Crippen LogP contribution in [0.25, 0.3) is 0 Å².